The van der Waals surface area contributed by atoms with E-state index >= 15 is 0 Å². The van der Waals surface area contributed by atoms with Crippen LogP contribution in [0.5, 0.6) is 0 Å². The molecule has 14 nitrogen and oxygen atoms in total. The molecule has 2 aromatic rings. The maximum absolute atomic E-state index is 13.2. The summed E-state index contributed by atoms with van der Waals surface area (Å²) in [5, 5.41) is 0. The fourth-order valence-electron chi connectivity index (χ4n) is 6.84. The number of esters is 2. The molecule has 0 radical (unpaired) electrons. The second-order valence-corrected chi connectivity index (χ2v) is 15.6. The number of amides is 4. The van der Waals surface area contributed by atoms with Gasteiger partial charge in [0.1, 0.15) is 13.2 Å². The molecule has 4 aliphatic rings. The van der Waals surface area contributed by atoms with Crippen molar-refractivity contribution in [3.05, 3.63) is 71.8 Å². The van der Waals surface area contributed by atoms with Crippen LogP contribution in [0.2, 0.25) is 0 Å². The van der Waals surface area contributed by atoms with Gasteiger partial charge < -0.3 is 18.9 Å². The minimum atomic E-state index is -4.42. The third-order valence-electron chi connectivity index (χ3n) is 9.53. The van der Waals surface area contributed by atoms with Gasteiger partial charge in [-0.2, -0.15) is 4.31 Å². The monoisotopic (exact) mass is 754 g/mol. The van der Waals surface area contributed by atoms with E-state index in [0.29, 0.717) is 47.2 Å². The Morgan fingerprint density at radius 1 is 0.731 bits per heavy atom. The highest BCUT2D eigenvalue weighted by Crippen LogP contribution is 2.53. The number of rotatable bonds is 17. The lowest BCUT2D eigenvalue weighted by Gasteiger charge is -2.17. The fourth-order valence-corrected chi connectivity index (χ4v) is 9.13. The molecule has 6 rings (SSSR count). The van der Waals surface area contributed by atoms with Gasteiger partial charge in [-0.15, -0.1) is 0 Å². The number of hydrogen-bond acceptors (Lipinski definition) is 13. The van der Waals surface area contributed by atoms with E-state index in [2.05, 4.69) is 0 Å². The fraction of sp³-hybridized carbons (Fsp3) is 0.444. The summed E-state index contributed by atoms with van der Waals surface area (Å²) in [6.45, 7) is 2.85. The number of imide groups is 2. The first-order valence-electron chi connectivity index (χ1n) is 17.1. The molecule has 2 aliphatic heterocycles. The van der Waals surface area contributed by atoms with Gasteiger partial charge in [-0.25, -0.2) is 22.3 Å². The molecule has 16 heteroatoms. The van der Waals surface area contributed by atoms with Crippen LogP contribution >= 0.6 is 11.9 Å². The van der Waals surface area contributed by atoms with Crippen molar-refractivity contribution < 1.29 is 56.1 Å². The van der Waals surface area contributed by atoms with Gasteiger partial charge in [-0.3, -0.25) is 19.2 Å². The van der Waals surface area contributed by atoms with Crippen molar-refractivity contribution in [3.8, 4) is 0 Å². The maximum atomic E-state index is 13.2. The van der Waals surface area contributed by atoms with E-state index in [-0.39, 0.29) is 72.9 Å². The summed E-state index contributed by atoms with van der Waals surface area (Å²) in [6, 6.07) is 11.3. The standard InChI is InChI=1S/C36H38N2O12S2/c1-2-22-21-29(39)37(32(22)40)51-27-10-6-23(7-11-27)35(43)49-18-16-47-14-3-15-48-17-19-50-36(44)24-8-12-28(13-9-24)52(45,46)38-33(41)30-25-4-5-26(20-25)31(30)34(38)42/h4-13,22,25-26,30-31H,2-3,14-21H2,1H3. The van der Waals surface area contributed by atoms with Gasteiger partial charge in [0, 0.05) is 30.4 Å². The van der Waals surface area contributed by atoms with Crippen LogP contribution in [0.1, 0.15) is 53.3 Å². The second kappa shape index (κ2) is 16.1. The third-order valence-corrected chi connectivity index (χ3v) is 12.3. The minimum Gasteiger partial charge on any atom is -0.460 e. The highest BCUT2D eigenvalue weighted by molar-refractivity contribution is 7.98. The number of ether oxygens (including phenoxy) is 4. The Morgan fingerprint density at radius 2 is 1.25 bits per heavy atom. The highest BCUT2D eigenvalue weighted by Gasteiger charge is 2.62. The predicted molar refractivity (Wildman–Crippen MR) is 183 cm³/mol. The second-order valence-electron chi connectivity index (χ2n) is 12.8. The van der Waals surface area contributed by atoms with Crippen molar-refractivity contribution >= 4 is 57.5 Å². The summed E-state index contributed by atoms with van der Waals surface area (Å²) in [5.74, 6) is -4.81. The van der Waals surface area contributed by atoms with Crippen LogP contribution in [0.25, 0.3) is 0 Å². The molecule has 5 unspecified atom stereocenters. The molecule has 52 heavy (non-hydrogen) atoms. The lowest BCUT2D eigenvalue weighted by atomic mass is 9.85. The minimum absolute atomic E-state index is 0.0425. The number of nitrogens with zero attached hydrogens (tertiary/aromatic N) is 2. The Labute approximate surface area is 304 Å². The van der Waals surface area contributed by atoms with Gasteiger partial charge in [-0.05, 0) is 91.6 Å². The number of fused-ring (bicyclic) bond motifs is 5. The van der Waals surface area contributed by atoms with E-state index in [1.165, 1.54) is 28.6 Å². The predicted octanol–water partition coefficient (Wildman–Crippen LogP) is 3.41. The van der Waals surface area contributed by atoms with Gasteiger partial charge in [0.25, 0.3) is 10.0 Å². The molecule has 0 spiro atoms. The van der Waals surface area contributed by atoms with Crippen LogP contribution in [-0.4, -0.2) is 92.2 Å². The van der Waals surface area contributed by atoms with Crippen molar-refractivity contribution in [2.75, 3.05) is 39.6 Å². The van der Waals surface area contributed by atoms with Crippen LogP contribution in [-0.2, 0) is 48.1 Å². The molecule has 0 aromatic heterocycles. The largest absolute Gasteiger partial charge is 0.460 e. The normalized spacial score (nSPS) is 23.5. The van der Waals surface area contributed by atoms with E-state index in [4.69, 9.17) is 18.9 Å². The molecule has 4 amide bonds. The molecule has 2 aliphatic carbocycles. The van der Waals surface area contributed by atoms with Crippen molar-refractivity contribution in [1.29, 1.82) is 0 Å². The molecule has 5 atom stereocenters. The Bertz CT molecular complexity index is 1830. The Morgan fingerprint density at radius 3 is 1.75 bits per heavy atom. The number of carbonyl (C=O) groups excluding carboxylic acids is 6. The molecular weight excluding hydrogens is 717 g/mol. The molecule has 2 heterocycles. The smallest absolute Gasteiger partial charge is 0.338 e. The van der Waals surface area contributed by atoms with Gasteiger partial charge in [0.05, 0.1) is 41.1 Å². The molecular formula is C36H38N2O12S2. The average Bonchev–Trinajstić information content (AvgIpc) is 3.90. The molecule has 3 fully saturated rings. The zero-order valence-corrected chi connectivity index (χ0v) is 30.0. The average molecular weight is 755 g/mol. The quantitative estimate of drug-likeness (QED) is 0.0755. The zero-order valence-electron chi connectivity index (χ0n) is 28.3. The lowest BCUT2D eigenvalue weighted by molar-refractivity contribution is -0.135. The van der Waals surface area contributed by atoms with E-state index < -0.39 is 45.6 Å². The van der Waals surface area contributed by atoms with Crippen molar-refractivity contribution in [2.45, 2.75) is 42.4 Å². The van der Waals surface area contributed by atoms with Crippen LogP contribution in [0, 0.1) is 29.6 Å². The Hall–Kier alpha value is -4.38. The number of sulfonamides is 1. The first kappa shape index (κ1) is 37.4. The summed E-state index contributed by atoms with van der Waals surface area (Å²) < 4.78 is 49.3. The van der Waals surface area contributed by atoms with Crippen molar-refractivity contribution in [3.63, 3.8) is 0 Å². The van der Waals surface area contributed by atoms with Crippen LogP contribution in [0.3, 0.4) is 0 Å². The molecule has 1 saturated carbocycles. The van der Waals surface area contributed by atoms with Gasteiger partial charge >= 0.3 is 11.9 Å². The van der Waals surface area contributed by atoms with E-state index in [1.807, 2.05) is 19.1 Å². The third kappa shape index (κ3) is 7.70. The zero-order chi connectivity index (χ0) is 37.0. The Balaban J connectivity index is 0.813. The van der Waals surface area contributed by atoms with E-state index in [9.17, 15) is 37.2 Å². The maximum Gasteiger partial charge on any atom is 0.338 e. The number of carbonyl (C=O) groups is 6. The number of allylic oxidation sites excluding steroid dienone is 2. The summed E-state index contributed by atoms with van der Waals surface area (Å²) in [6.07, 6.45) is 5.83. The highest BCUT2D eigenvalue weighted by atomic mass is 32.2. The summed E-state index contributed by atoms with van der Waals surface area (Å²) >= 11 is 1.04. The lowest BCUT2D eigenvalue weighted by Crippen LogP contribution is -2.38. The Kier molecular flexibility index (Phi) is 11.6. The summed E-state index contributed by atoms with van der Waals surface area (Å²) in [5.41, 5.74) is 0.424. The van der Waals surface area contributed by atoms with Crippen molar-refractivity contribution in [1.82, 2.24) is 8.61 Å². The van der Waals surface area contributed by atoms with Crippen LogP contribution < -0.4 is 0 Å². The molecule has 2 bridgehead atoms. The first-order chi connectivity index (χ1) is 25.0. The molecule has 2 aromatic carbocycles. The number of hydrogen-bond donors (Lipinski definition) is 0. The van der Waals surface area contributed by atoms with Crippen molar-refractivity contribution in [2.24, 2.45) is 29.6 Å². The molecule has 2 saturated heterocycles. The SMILES string of the molecule is CCC1CC(=O)N(Sc2ccc(C(=O)OCCOCCCOCCOC(=O)c3ccc(S(=O)(=O)N4C(=O)C5C6C=CC(C6)C5C4=O)cc3)cc2)C1=O. The van der Waals surface area contributed by atoms with Gasteiger partial charge in [-0.1, -0.05) is 19.1 Å². The van der Waals surface area contributed by atoms with Crippen LogP contribution in [0.15, 0.2) is 70.5 Å². The van der Waals surface area contributed by atoms with E-state index in [1.54, 1.807) is 24.3 Å². The topological polar surface area (TPSA) is 180 Å². The summed E-state index contributed by atoms with van der Waals surface area (Å²) in [4.78, 5) is 75.5. The molecule has 0 N–H and O–H groups in total. The molecule has 276 valence electrons. The van der Waals surface area contributed by atoms with Crippen LogP contribution in [0.4, 0.5) is 0 Å². The number of benzene rings is 2. The van der Waals surface area contributed by atoms with E-state index in [0.717, 1.165) is 11.9 Å². The van der Waals surface area contributed by atoms with Gasteiger partial charge in [0.15, 0.2) is 0 Å². The summed E-state index contributed by atoms with van der Waals surface area (Å²) in [7, 11) is -4.42. The van der Waals surface area contributed by atoms with Gasteiger partial charge in [0.2, 0.25) is 23.6 Å². The first-order valence-corrected chi connectivity index (χ1v) is 19.3.